The Bertz CT molecular complexity index is 563. The van der Waals surface area contributed by atoms with Crippen molar-refractivity contribution < 1.29 is 4.74 Å². The van der Waals surface area contributed by atoms with E-state index in [9.17, 15) is 0 Å². The fourth-order valence-corrected chi connectivity index (χ4v) is 1.94. The van der Waals surface area contributed by atoms with Gasteiger partial charge in [-0.1, -0.05) is 6.92 Å². The standard InChI is InChI=1S/C15H22N4O/c1-5-12-9-13(19(4)18-12)10-17-14-7-6-8-16-15(14)20-11(2)3/h6-9,11,17H,5,10H2,1-4H3. The zero-order chi connectivity index (χ0) is 14.5. The zero-order valence-corrected chi connectivity index (χ0v) is 12.6. The van der Waals surface area contributed by atoms with Crippen molar-refractivity contribution in [1.82, 2.24) is 14.8 Å². The Morgan fingerprint density at radius 2 is 2.20 bits per heavy atom. The molecule has 0 aliphatic carbocycles. The van der Waals surface area contributed by atoms with Gasteiger partial charge < -0.3 is 10.1 Å². The van der Waals surface area contributed by atoms with Crippen molar-refractivity contribution >= 4 is 5.69 Å². The van der Waals surface area contributed by atoms with E-state index >= 15 is 0 Å². The molecule has 0 bridgehead atoms. The summed E-state index contributed by atoms with van der Waals surface area (Å²) in [5, 5.41) is 7.81. The number of aromatic nitrogens is 3. The van der Waals surface area contributed by atoms with Gasteiger partial charge in [-0.3, -0.25) is 4.68 Å². The monoisotopic (exact) mass is 274 g/mol. The molecule has 0 aliphatic heterocycles. The van der Waals surface area contributed by atoms with Gasteiger partial charge in [0.25, 0.3) is 0 Å². The fourth-order valence-electron chi connectivity index (χ4n) is 1.94. The average molecular weight is 274 g/mol. The highest BCUT2D eigenvalue weighted by atomic mass is 16.5. The number of hydrogen-bond acceptors (Lipinski definition) is 4. The molecule has 0 radical (unpaired) electrons. The SMILES string of the molecule is CCc1cc(CNc2cccnc2OC(C)C)n(C)n1. The molecule has 0 saturated carbocycles. The number of rotatable bonds is 6. The molecule has 2 aromatic heterocycles. The maximum atomic E-state index is 5.69. The average Bonchev–Trinajstić information content (AvgIpc) is 2.78. The lowest BCUT2D eigenvalue weighted by molar-refractivity contribution is 0.234. The van der Waals surface area contributed by atoms with E-state index in [0.29, 0.717) is 12.4 Å². The minimum atomic E-state index is 0.105. The third-order valence-corrected chi connectivity index (χ3v) is 2.97. The van der Waals surface area contributed by atoms with Crippen LogP contribution in [0.15, 0.2) is 24.4 Å². The summed E-state index contributed by atoms with van der Waals surface area (Å²) in [6.07, 6.45) is 2.79. The molecule has 2 heterocycles. The Kier molecular flexibility index (Phi) is 4.61. The van der Waals surface area contributed by atoms with Crippen molar-refractivity contribution in [2.75, 3.05) is 5.32 Å². The minimum absolute atomic E-state index is 0.105. The summed E-state index contributed by atoms with van der Waals surface area (Å²) >= 11 is 0. The van der Waals surface area contributed by atoms with E-state index in [4.69, 9.17) is 4.74 Å². The van der Waals surface area contributed by atoms with E-state index in [-0.39, 0.29) is 6.10 Å². The Balaban J connectivity index is 2.08. The summed E-state index contributed by atoms with van der Waals surface area (Å²) in [5.41, 5.74) is 3.15. The van der Waals surface area contributed by atoms with Crippen LogP contribution in [0, 0.1) is 0 Å². The predicted molar refractivity (Wildman–Crippen MR) is 79.9 cm³/mol. The quantitative estimate of drug-likeness (QED) is 0.880. The van der Waals surface area contributed by atoms with E-state index in [0.717, 1.165) is 23.5 Å². The maximum absolute atomic E-state index is 5.69. The third-order valence-electron chi connectivity index (χ3n) is 2.97. The van der Waals surface area contributed by atoms with Crippen LogP contribution in [0.4, 0.5) is 5.69 Å². The zero-order valence-electron chi connectivity index (χ0n) is 12.6. The van der Waals surface area contributed by atoms with Crippen molar-refractivity contribution in [3.8, 4) is 5.88 Å². The predicted octanol–water partition coefficient (Wildman–Crippen LogP) is 2.78. The number of anilines is 1. The van der Waals surface area contributed by atoms with Gasteiger partial charge in [-0.15, -0.1) is 0 Å². The molecule has 2 rings (SSSR count). The molecule has 0 spiro atoms. The van der Waals surface area contributed by atoms with Gasteiger partial charge in [0, 0.05) is 13.2 Å². The number of pyridine rings is 1. The van der Waals surface area contributed by atoms with Gasteiger partial charge in [-0.2, -0.15) is 5.10 Å². The Hall–Kier alpha value is -2.04. The lowest BCUT2D eigenvalue weighted by Gasteiger charge is -2.14. The van der Waals surface area contributed by atoms with Crippen LogP contribution in [0.5, 0.6) is 5.88 Å². The van der Waals surface area contributed by atoms with Gasteiger partial charge in [0.05, 0.1) is 29.7 Å². The van der Waals surface area contributed by atoms with E-state index < -0.39 is 0 Å². The van der Waals surface area contributed by atoms with E-state index in [1.165, 1.54) is 0 Å². The summed E-state index contributed by atoms with van der Waals surface area (Å²) in [6.45, 7) is 6.79. The molecule has 1 N–H and O–H groups in total. The molecule has 2 aromatic rings. The summed E-state index contributed by atoms with van der Waals surface area (Å²) in [7, 11) is 1.96. The topological polar surface area (TPSA) is 52.0 Å². The van der Waals surface area contributed by atoms with Crippen molar-refractivity contribution in [3.63, 3.8) is 0 Å². The van der Waals surface area contributed by atoms with E-state index in [1.807, 2.05) is 37.7 Å². The van der Waals surface area contributed by atoms with Crippen LogP contribution in [0.25, 0.3) is 0 Å². The highest BCUT2D eigenvalue weighted by molar-refractivity contribution is 5.52. The van der Waals surface area contributed by atoms with Crippen LogP contribution < -0.4 is 10.1 Å². The van der Waals surface area contributed by atoms with E-state index in [1.54, 1.807) is 6.20 Å². The van der Waals surface area contributed by atoms with E-state index in [2.05, 4.69) is 28.4 Å². The molecule has 0 unspecified atom stereocenters. The number of nitrogens with zero attached hydrogens (tertiary/aromatic N) is 3. The normalized spacial score (nSPS) is 10.8. The third kappa shape index (κ3) is 3.50. The molecule has 0 aliphatic rings. The molecule has 108 valence electrons. The highest BCUT2D eigenvalue weighted by Gasteiger charge is 2.08. The smallest absolute Gasteiger partial charge is 0.237 e. The van der Waals surface area contributed by atoms with Crippen LogP contribution in [0.1, 0.15) is 32.2 Å². The molecule has 5 heteroatoms. The molecule has 20 heavy (non-hydrogen) atoms. The largest absolute Gasteiger partial charge is 0.473 e. The second-order valence-corrected chi connectivity index (χ2v) is 4.98. The molecule has 0 aromatic carbocycles. The van der Waals surface area contributed by atoms with Gasteiger partial charge in [-0.05, 0) is 38.5 Å². The van der Waals surface area contributed by atoms with Crippen LogP contribution >= 0.6 is 0 Å². The second kappa shape index (κ2) is 6.41. The first-order chi connectivity index (χ1) is 9.60. The van der Waals surface area contributed by atoms with Crippen LogP contribution in [-0.2, 0) is 20.0 Å². The van der Waals surface area contributed by atoms with Crippen LogP contribution in [-0.4, -0.2) is 20.9 Å². The lowest BCUT2D eigenvalue weighted by atomic mass is 10.3. The number of ether oxygens (including phenoxy) is 1. The summed E-state index contributed by atoms with van der Waals surface area (Å²) in [4.78, 5) is 4.27. The van der Waals surface area contributed by atoms with Crippen molar-refractivity contribution in [2.45, 2.75) is 39.8 Å². The van der Waals surface area contributed by atoms with Crippen molar-refractivity contribution in [3.05, 3.63) is 35.8 Å². The Morgan fingerprint density at radius 3 is 2.85 bits per heavy atom. The molecule has 0 atom stereocenters. The number of nitrogens with one attached hydrogen (secondary N) is 1. The molecular formula is C15H22N4O. The van der Waals surface area contributed by atoms with Gasteiger partial charge in [0.15, 0.2) is 0 Å². The molecule has 0 fully saturated rings. The minimum Gasteiger partial charge on any atom is -0.473 e. The fraction of sp³-hybridized carbons (Fsp3) is 0.467. The van der Waals surface area contributed by atoms with Crippen molar-refractivity contribution in [2.24, 2.45) is 7.05 Å². The molecule has 0 amide bonds. The summed E-state index contributed by atoms with van der Waals surface area (Å²) < 4.78 is 7.60. The number of aryl methyl sites for hydroxylation is 2. The van der Waals surface area contributed by atoms with Gasteiger partial charge in [0.1, 0.15) is 0 Å². The first-order valence-corrected chi connectivity index (χ1v) is 6.97. The van der Waals surface area contributed by atoms with Gasteiger partial charge >= 0.3 is 0 Å². The Labute approximate surface area is 120 Å². The first-order valence-electron chi connectivity index (χ1n) is 6.97. The van der Waals surface area contributed by atoms with Crippen molar-refractivity contribution in [1.29, 1.82) is 0 Å². The van der Waals surface area contributed by atoms with Crippen LogP contribution in [0.3, 0.4) is 0 Å². The van der Waals surface area contributed by atoms with Crippen LogP contribution in [0.2, 0.25) is 0 Å². The lowest BCUT2D eigenvalue weighted by Crippen LogP contribution is -2.11. The summed E-state index contributed by atoms with van der Waals surface area (Å²) in [5.74, 6) is 0.639. The molecule has 0 saturated heterocycles. The molecular weight excluding hydrogens is 252 g/mol. The second-order valence-electron chi connectivity index (χ2n) is 4.98. The first kappa shape index (κ1) is 14.4. The van der Waals surface area contributed by atoms with Gasteiger partial charge in [-0.25, -0.2) is 4.98 Å². The van der Waals surface area contributed by atoms with Gasteiger partial charge in [0.2, 0.25) is 5.88 Å². The summed E-state index contributed by atoms with van der Waals surface area (Å²) in [6, 6.07) is 5.99. The Morgan fingerprint density at radius 1 is 1.40 bits per heavy atom. The maximum Gasteiger partial charge on any atom is 0.237 e. The number of hydrogen-bond donors (Lipinski definition) is 1. The highest BCUT2D eigenvalue weighted by Crippen LogP contribution is 2.22. The molecule has 5 nitrogen and oxygen atoms in total.